The molecule has 0 amide bonds. The lowest BCUT2D eigenvalue weighted by Crippen LogP contribution is -2.63. The second-order valence-corrected chi connectivity index (χ2v) is 5.94. The fourth-order valence-corrected chi connectivity index (χ4v) is 5.04. The van der Waals surface area contributed by atoms with Gasteiger partial charge in [0.2, 0.25) is 0 Å². The highest BCUT2D eigenvalue weighted by molar-refractivity contribution is 5.79. The molecule has 0 saturated heterocycles. The SMILES string of the molecule is COC(=O)[C@@]12CCCC[C@@H]1[C@H]1CCCC[C@H]12. The quantitative estimate of drug-likeness (QED) is 0.637. The number of esters is 1. The Bertz CT molecular complexity index is 285. The van der Waals surface area contributed by atoms with Gasteiger partial charge in [-0.3, -0.25) is 4.79 Å². The number of hydrogen-bond acceptors (Lipinski definition) is 2. The normalized spacial score (nSPS) is 46.2. The highest BCUT2D eigenvalue weighted by Crippen LogP contribution is 2.67. The number of rotatable bonds is 1. The third kappa shape index (κ3) is 1.16. The molecule has 4 atom stereocenters. The zero-order chi connectivity index (χ0) is 11.2. The molecule has 0 N–H and O–H groups in total. The second-order valence-electron chi connectivity index (χ2n) is 5.94. The first-order valence-electron chi connectivity index (χ1n) is 6.89. The summed E-state index contributed by atoms with van der Waals surface area (Å²) < 4.78 is 5.12. The second kappa shape index (κ2) is 3.75. The Morgan fingerprint density at radius 2 is 1.69 bits per heavy atom. The molecule has 3 fully saturated rings. The van der Waals surface area contributed by atoms with E-state index >= 15 is 0 Å². The predicted octanol–water partition coefficient (Wildman–Crippen LogP) is 3.16. The molecule has 3 aliphatic carbocycles. The average molecular weight is 222 g/mol. The van der Waals surface area contributed by atoms with Gasteiger partial charge in [0.05, 0.1) is 12.5 Å². The topological polar surface area (TPSA) is 26.3 Å². The molecule has 0 aromatic heterocycles. The average Bonchev–Trinajstić information content (AvgIpc) is 2.34. The molecular weight excluding hydrogens is 200 g/mol. The summed E-state index contributed by atoms with van der Waals surface area (Å²) in [6.07, 6.45) is 10.3. The monoisotopic (exact) mass is 222 g/mol. The Kier molecular flexibility index (Phi) is 2.49. The third-order valence-electron chi connectivity index (χ3n) is 5.58. The van der Waals surface area contributed by atoms with Crippen LogP contribution in [0.4, 0.5) is 0 Å². The van der Waals surface area contributed by atoms with Crippen molar-refractivity contribution in [1.82, 2.24) is 0 Å². The summed E-state index contributed by atoms with van der Waals surface area (Å²) in [6.45, 7) is 0. The molecule has 90 valence electrons. The van der Waals surface area contributed by atoms with Gasteiger partial charge in [0.1, 0.15) is 0 Å². The number of carbonyl (C=O) groups excluding carboxylic acids is 1. The molecule has 2 nitrogen and oxygen atoms in total. The van der Waals surface area contributed by atoms with E-state index in [4.69, 9.17) is 4.74 Å². The molecule has 0 heterocycles. The van der Waals surface area contributed by atoms with Gasteiger partial charge in [-0.15, -0.1) is 0 Å². The Labute approximate surface area is 97.7 Å². The van der Waals surface area contributed by atoms with Gasteiger partial charge < -0.3 is 4.74 Å². The Balaban J connectivity index is 1.89. The summed E-state index contributed by atoms with van der Waals surface area (Å²) in [5, 5.41) is 0. The molecule has 3 saturated carbocycles. The van der Waals surface area contributed by atoms with E-state index in [9.17, 15) is 4.79 Å². The van der Waals surface area contributed by atoms with E-state index < -0.39 is 0 Å². The van der Waals surface area contributed by atoms with E-state index in [2.05, 4.69) is 0 Å². The lowest BCUT2D eigenvalue weighted by atomic mass is 9.39. The van der Waals surface area contributed by atoms with Crippen molar-refractivity contribution in [1.29, 1.82) is 0 Å². The Morgan fingerprint density at radius 1 is 1.06 bits per heavy atom. The maximum atomic E-state index is 12.2. The van der Waals surface area contributed by atoms with Crippen LogP contribution in [0.1, 0.15) is 51.4 Å². The van der Waals surface area contributed by atoms with Gasteiger partial charge in [0.25, 0.3) is 0 Å². The van der Waals surface area contributed by atoms with Crippen LogP contribution in [-0.2, 0) is 9.53 Å². The lowest BCUT2D eigenvalue weighted by Gasteiger charge is -2.63. The van der Waals surface area contributed by atoms with Crippen LogP contribution in [0.25, 0.3) is 0 Å². The summed E-state index contributed by atoms with van der Waals surface area (Å²) in [7, 11) is 1.57. The van der Waals surface area contributed by atoms with E-state index in [-0.39, 0.29) is 11.4 Å². The van der Waals surface area contributed by atoms with Gasteiger partial charge in [-0.25, -0.2) is 0 Å². The van der Waals surface area contributed by atoms with E-state index in [1.165, 1.54) is 44.9 Å². The van der Waals surface area contributed by atoms with Gasteiger partial charge >= 0.3 is 5.97 Å². The first kappa shape index (κ1) is 10.6. The largest absolute Gasteiger partial charge is 0.469 e. The molecule has 0 unspecified atom stereocenters. The molecule has 16 heavy (non-hydrogen) atoms. The summed E-state index contributed by atoms with van der Waals surface area (Å²) in [5.74, 6) is 2.30. The summed E-state index contributed by atoms with van der Waals surface area (Å²) in [4.78, 5) is 12.2. The molecule has 0 radical (unpaired) electrons. The standard InChI is InChI=1S/C14H22O2/c1-16-13(15)14-9-5-4-8-12(14)10-6-2-3-7-11(10)14/h10-12H,2-9H2,1H3/t10-,11+,12+,14+/m0/s1. The van der Waals surface area contributed by atoms with Gasteiger partial charge in [0, 0.05) is 0 Å². The zero-order valence-electron chi connectivity index (χ0n) is 10.2. The number of ether oxygens (including phenoxy) is 1. The van der Waals surface area contributed by atoms with Gasteiger partial charge in [-0.2, -0.15) is 0 Å². The Hall–Kier alpha value is -0.530. The van der Waals surface area contributed by atoms with Crippen molar-refractivity contribution in [3.05, 3.63) is 0 Å². The summed E-state index contributed by atoms with van der Waals surface area (Å²) >= 11 is 0. The smallest absolute Gasteiger partial charge is 0.312 e. The van der Waals surface area contributed by atoms with Crippen LogP contribution in [0.3, 0.4) is 0 Å². The molecule has 2 heteroatoms. The van der Waals surface area contributed by atoms with E-state index in [0.717, 1.165) is 12.3 Å². The van der Waals surface area contributed by atoms with Crippen LogP contribution in [0, 0.1) is 23.2 Å². The number of fused-ring (bicyclic) bond motifs is 4. The molecule has 3 rings (SSSR count). The third-order valence-corrected chi connectivity index (χ3v) is 5.58. The predicted molar refractivity (Wildman–Crippen MR) is 61.9 cm³/mol. The molecule has 0 aromatic carbocycles. The van der Waals surface area contributed by atoms with Crippen molar-refractivity contribution in [2.45, 2.75) is 51.4 Å². The van der Waals surface area contributed by atoms with Crippen LogP contribution >= 0.6 is 0 Å². The molecule has 0 aromatic rings. The number of carbonyl (C=O) groups is 1. The first-order valence-corrected chi connectivity index (χ1v) is 6.89. The van der Waals surface area contributed by atoms with Gasteiger partial charge in [-0.05, 0) is 43.4 Å². The molecule has 0 aliphatic heterocycles. The highest BCUT2D eigenvalue weighted by Gasteiger charge is 2.66. The van der Waals surface area contributed by atoms with Crippen LogP contribution in [0.5, 0.6) is 0 Å². The van der Waals surface area contributed by atoms with Crippen LogP contribution < -0.4 is 0 Å². The fraction of sp³-hybridized carbons (Fsp3) is 0.929. The zero-order valence-corrected chi connectivity index (χ0v) is 10.2. The first-order chi connectivity index (χ1) is 7.80. The van der Waals surface area contributed by atoms with Crippen molar-refractivity contribution in [3.63, 3.8) is 0 Å². The van der Waals surface area contributed by atoms with E-state index in [0.29, 0.717) is 11.8 Å². The van der Waals surface area contributed by atoms with Gasteiger partial charge in [-0.1, -0.05) is 25.7 Å². The molecule has 0 spiro atoms. The molecular formula is C14H22O2. The minimum absolute atomic E-state index is 0.0436. The van der Waals surface area contributed by atoms with Crippen LogP contribution in [0.15, 0.2) is 0 Å². The molecule has 3 aliphatic rings. The van der Waals surface area contributed by atoms with Crippen molar-refractivity contribution in [3.8, 4) is 0 Å². The lowest BCUT2D eigenvalue weighted by molar-refractivity contribution is -0.206. The van der Waals surface area contributed by atoms with E-state index in [1.807, 2.05) is 0 Å². The van der Waals surface area contributed by atoms with Crippen LogP contribution in [-0.4, -0.2) is 13.1 Å². The highest BCUT2D eigenvalue weighted by atomic mass is 16.5. The van der Waals surface area contributed by atoms with Crippen molar-refractivity contribution in [2.24, 2.45) is 23.2 Å². The summed E-state index contributed by atoms with van der Waals surface area (Å²) in [5.41, 5.74) is -0.0436. The van der Waals surface area contributed by atoms with E-state index in [1.54, 1.807) is 7.11 Å². The minimum atomic E-state index is -0.0436. The van der Waals surface area contributed by atoms with Crippen LogP contribution in [0.2, 0.25) is 0 Å². The van der Waals surface area contributed by atoms with Crippen molar-refractivity contribution < 1.29 is 9.53 Å². The number of methoxy groups -OCH3 is 1. The van der Waals surface area contributed by atoms with Crippen molar-refractivity contribution in [2.75, 3.05) is 7.11 Å². The minimum Gasteiger partial charge on any atom is -0.469 e. The number of hydrogen-bond donors (Lipinski definition) is 0. The maximum absolute atomic E-state index is 12.2. The molecule has 0 bridgehead atoms. The van der Waals surface area contributed by atoms with Crippen molar-refractivity contribution >= 4 is 5.97 Å². The summed E-state index contributed by atoms with van der Waals surface area (Å²) in [6, 6.07) is 0. The van der Waals surface area contributed by atoms with Gasteiger partial charge in [0.15, 0.2) is 0 Å². The Morgan fingerprint density at radius 3 is 2.38 bits per heavy atom. The fourth-order valence-electron chi connectivity index (χ4n) is 5.04. The maximum Gasteiger partial charge on any atom is 0.312 e.